The highest BCUT2D eigenvalue weighted by Gasteiger charge is 2.39. The second-order valence-electron chi connectivity index (χ2n) is 6.19. The predicted molar refractivity (Wildman–Crippen MR) is 67.3 cm³/mol. The Labute approximate surface area is 100 Å². The van der Waals surface area contributed by atoms with Gasteiger partial charge in [-0.2, -0.15) is 0 Å². The highest BCUT2D eigenvalue weighted by molar-refractivity contribution is 4.90. The van der Waals surface area contributed by atoms with Crippen molar-refractivity contribution in [3.05, 3.63) is 0 Å². The predicted octanol–water partition coefficient (Wildman–Crippen LogP) is 2.52. The number of aliphatic hydroxyl groups excluding tert-OH is 1. The summed E-state index contributed by atoms with van der Waals surface area (Å²) in [5.41, 5.74) is 0. The number of aliphatic hydroxyl groups is 1. The molecule has 0 aromatic rings. The largest absolute Gasteiger partial charge is 0.393 e. The minimum Gasteiger partial charge on any atom is -0.393 e. The number of rotatable bonds is 6. The van der Waals surface area contributed by atoms with Gasteiger partial charge in [0.15, 0.2) is 0 Å². The van der Waals surface area contributed by atoms with Crippen LogP contribution in [0.4, 0.5) is 0 Å². The van der Waals surface area contributed by atoms with Gasteiger partial charge in [-0.25, -0.2) is 0 Å². The fraction of sp³-hybridized carbons (Fsp3) is 1.00. The average Bonchev–Trinajstić information content (AvgIpc) is 2.78. The lowest BCUT2D eigenvalue weighted by Crippen LogP contribution is -2.29. The molecule has 2 heteroatoms. The molecule has 2 bridgehead atoms. The monoisotopic (exact) mass is 225 g/mol. The molecule has 0 saturated heterocycles. The summed E-state index contributed by atoms with van der Waals surface area (Å²) in [5.74, 6) is 3.10. The van der Waals surface area contributed by atoms with Crippen molar-refractivity contribution in [1.82, 2.24) is 4.90 Å². The van der Waals surface area contributed by atoms with Crippen molar-refractivity contribution in [3.8, 4) is 0 Å². The fourth-order valence-corrected chi connectivity index (χ4v) is 3.75. The third kappa shape index (κ3) is 3.21. The highest BCUT2D eigenvalue weighted by atomic mass is 16.3. The van der Waals surface area contributed by atoms with Crippen LogP contribution in [0.1, 0.15) is 45.4 Å². The van der Waals surface area contributed by atoms with Crippen molar-refractivity contribution in [2.45, 2.75) is 51.6 Å². The van der Waals surface area contributed by atoms with Gasteiger partial charge in [-0.1, -0.05) is 6.42 Å². The van der Waals surface area contributed by atoms with Crippen LogP contribution in [0.2, 0.25) is 0 Å². The summed E-state index contributed by atoms with van der Waals surface area (Å²) in [4.78, 5) is 2.48. The van der Waals surface area contributed by atoms with Crippen LogP contribution in [0.5, 0.6) is 0 Å². The third-order valence-electron chi connectivity index (χ3n) is 4.59. The van der Waals surface area contributed by atoms with Gasteiger partial charge in [0, 0.05) is 6.54 Å². The molecule has 0 aliphatic heterocycles. The van der Waals surface area contributed by atoms with Gasteiger partial charge < -0.3 is 10.0 Å². The van der Waals surface area contributed by atoms with Crippen LogP contribution < -0.4 is 0 Å². The minimum absolute atomic E-state index is 0.129. The van der Waals surface area contributed by atoms with E-state index in [2.05, 4.69) is 11.9 Å². The quantitative estimate of drug-likeness (QED) is 0.751. The van der Waals surface area contributed by atoms with Gasteiger partial charge in [0.2, 0.25) is 0 Å². The van der Waals surface area contributed by atoms with Crippen LogP contribution in [0.15, 0.2) is 0 Å². The molecule has 0 radical (unpaired) electrons. The molecule has 16 heavy (non-hydrogen) atoms. The first kappa shape index (κ1) is 12.4. The van der Waals surface area contributed by atoms with Crippen LogP contribution in [-0.4, -0.2) is 36.2 Å². The first-order valence-electron chi connectivity index (χ1n) is 7.01. The fourth-order valence-electron chi connectivity index (χ4n) is 3.75. The summed E-state index contributed by atoms with van der Waals surface area (Å²) in [6, 6.07) is 0. The summed E-state index contributed by atoms with van der Waals surface area (Å²) >= 11 is 0. The normalized spacial score (nSPS) is 34.9. The first-order valence-corrected chi connectivity index (χ1v) is 7.01. The zero-order valence-electron chi connectivity index (χ0n) is 10.9. The van der Waals surface area contributed by atoms with E-state index in [9.17, 15) is 5.11 Å². The van der Waals surface area contributed by atoms with E-state index in [0.29, 0.717) is 0 Å². The standard InChI is InChI=1S/C14H27NO/c1-11(16)4-3-7-15(2)10-14-9-12-5-6-13(14)8-12/h11-14,16H,3-10H2,1-2H3. The lowest BCUT2D eigenvalue weighted by atomic mass is 9.88. The van der Waals surface area contributed by atoms with E-state index in [1.54, 1.807) is 0 Å². The Morgan fingerprint density at radius 2 is 2.12 bits per heavy atom. The van der Waals surface area contributed by atoms with E-state index in [1.807, 2.05) is 6.92 Å². The SMILES string of the molecule is CC(O)CCCN(C)CC1CC2CCC1C2. The summed E-state index contributed by atoms with van der Waals surface area (Å²) in [7, 11) is 2.24. The summed E-state index contributed by atoms with van der Waals surface area (Å²) in [6.45, 7) is 4.33. The highest BCUT2D eigenvalue weighted by Crippen LogP contribution is 2.48. The van der Waals surface area contributed by atoms with Crippen LogP contribution in [-0.2, 0) is 0 Å². The molecule has 2 rings (SSSR count). The van der Waals surface area contributed by atoms with Crippen molar-refractivity contribution >= 4 is 0 Å². The molecular formula is C14H27NO. The summed E-state index contributed by atoms with van der Waals surface area (Å²) in [6.07, 6.45) is 7.97. The number of hydrogen-bond donors (Lipinski definition) is 1. The van der Waals surface area contributed by atoms with Crippen molar-refractivity contribution < 1.29 is 5.11 Å². The first-order chi connectivity index (χ1) is 7.65. The second kappa shape index (κ2) is 5.50. The topological polar surface area (TPSA) is 23.5 Å². The van der Waals surface area contributed by atoms with Gasteiger partial charge >= 0.3 is 0 Å². The Morgan fingerprint density at radius 1 is 1.31 bits per heavy atom. The smallest absolute Gasteiger partial charge is 0.0512 e. The Kier molecular flexibility index (Phi) is 4.26. The molecule has 0 heterocycles. The van der Waals surface area contributed by atoms with E-state index in [0.717, 1.165) is 37.1 Å². The number of hydrogen-bond acceptors (Lipinski definition) is 2. The van der Waals surface area contributed by atoms with E-state index >= 15 is 0 Å². The van der Waals surface area contributed by atoms with E-state index in [1.165, 1.54) is 32.2 Å². The maximum absolute atomic E-state index is 9.22. The molecule has 2 nitrogen and oxygen atoms in total. The molecule has 0 aromatic heterocycles. The van der Waals surface area contributed by atoms with Crippen molar-refractivity contribution in [2.24, 2.45) is 17.8 Å². The zero-order valence-corrected chi connectivity index (χ0v) is 10.9. The third-order valence-corrected chi connectivity index (χ3v) is 4.59. The molecular weight excluding hydrogens is 198 g/mol. The molecule has 4 unspecified atom stereocenters. The Bertz CT molecular complexity index is 217. The lowest BCUT2D eigenvalue weighted by molar-refractivity contribution is 0.167. The maximum atomic E-state index is 9.22. The number of fused-ring (bicyclic) bond motifs is 2. The molecule has 0 aromatic carbocycles. The molecule has 2 fully saturated rings. The molecule has 2 aliphatic rings. The second-order valence-corrected chi connectivity index (χ2v) is 6.19. The Hall–Kier alpha value is -0.0800. The van der Waals surface area contributed by atoms with Crippen LogP contribution in [0.25, 0.3) is 0 Å². The van der Waals surface area contributed by atoms with Crippen LogP contribution >= 0.6 is 0 Å². The average molecular weight is 225 g/mol. The van der Waals surface area contributed by atoms with Crippen molar-refractivity contribution in [3.63, 3.8) is 0 Å². The maximum Gasteiger partial charge on any atom is 0.0512 e. The van der Waals surface area contributed by atoms with E-state index in [4.69, 9.17) is 0 Å². The van der Waals surface area contributed by atoms with Gasteiger partial charge in [-0.05, 0) is 70.4 Å². The van der Waals surface area contributed by atoms with Gasteiger partial charge in [0.1, 0.15) is 0 Å². The minimum atomic E-state index is -0.129. The van der Waals surface area contributed by atoms with Crippen molar-refractivity contribution in [1.29, 1.82) is 0 Å². The van der Waals surface area contributed by atoms with E-state index < -0.39 is 0 Å². The van der Waals surface area contributed by atoms with Gasteiger partial charge in [-0.15, -0.1) is 0 Å². The van der Waals surface area contributed by atoms with Gasteiger partial charge in [-0.3, -0.25) is 0 Å². The Morgan fingerprint density at radius 3 is 2.69 bits per heavy atom. The van der Waals surface area contributed by atoms with E-state index in [-0.39, 0.29) is 6.10 Å². The number of nitrogens with zero attached hydrogens (tertiary/aromatic N) is 1. The van der Waals surface area contributed by atoms with Gasteiger partial charge in [0.05, 0.1) is 6.10 Å². The van der Waals surface area contributed by atoms with Crippen LogP contribution in [0, 0.1) is 17.8 Å². The zero-order chi connectivity index (χ0) is 11.5. The summed E-state index contributed by atoms with van der Waals surface area (Å²) < 4.78 is 0. The molecule has 1 N–H and O–H groups in total. The lowest BCUT2D eigenvalue weighted by Gasteiger charge is -2.27. The molecule has 0 spiro atoms. The molecule has 2 aliphatic carbocycles. The summed E-state index contributed by atoms with van der Waals surface area (Å²) in [5, 5.41) is 9.22. The molecule has 4 atom stereocenters. The molecule has 94 valence electrons. The van der Waals surface area contributed by atoms with Crippen LogP contribution in [0.3, 0.4) is 0 Å². The van der Waals surface area contributed by atoms with Gasteiger partial charge in [0.25, 0.3) is 0 Å². The Balaban J connectivity index is 1.62. The molecule has 0 amide bonds. The molecule has 2 saturated carbocycles. The van der Waals surface area contributed by atoms with Crippen molar-refractivity contribution in [2.75, 3.05) is 20.1 Å².